The van der Waals surface area contributed by atoms with E-state index in [2.05, 4.69) is 127 Å². The van der Waals surface area contributed by atoms with Gasteiger partial charge in [-0.2, -0.15) is 0 Å². The van der Waals surface area contributed by atoms with Gasteiger partial charge in [-0.3, -0.25) is 0 Å². The van der Waals surface area contributed by atoms with Crippen LogP contribution in [0.25, 0.3) is 100 Å². The molecule has 50 heavy (non-hydrogen) atoms. The topological polar surface area (TPSA) is 52.1 Å². The van der Waals surface area contributed by atoms with Crippen LogP contribution in [0.1, 0.15) is 0 Å². The van der Waals surface area contributed by atoms with Crippen molar-refractivity contribution in [2.75, 3.05) is 0 Å². The lowest BCUT2D eigenvalue weighted by molar-refractivity contribution is 0.669. The maximum atomic E-state index is 6.40. The van der Waals surface area contributed by atoms with Crippen LogP contribution in [-0.4, -0.2) is 9.97 Å². The Morgan fingerprint density at radius 2 is 0.740 bits per heavy atom. The van der Waals surface area contributed by atoms with Gasteiger partial charge < -0.3 is 8.83 Å². The van der Waals surface area contributed by atoms with Crippen LogP contribution in [-0.2, 0) is 0 Å². The first-order chi connectivity index (χ1) is 24.8. The van der Waals surface area contributed by atoms with E-state index in [4.69, 9.17) is 18.8 Å². The van der Waals surface area contributed by atoms with Gasteiger partial charge in [-0.15, -0.1) is 0 Å². The molecule has 0 amide bonds. The second-order valence-corrected chi connectivity index (χ2v) is 12.6. The van der Waals surface area contributed by atoms with Crippen molar-refractivity contribution in [3.8, 4) is 56.2 Å². The molecule has 10 aromatic rings. The molecule has 0 N–H and O–H groups in total. The van der Waals surface area contributed by atoms with Crippen LogP contribution in [0, 0.1) is 0 Å². The highest BCUT2D eigenvalue weighted by Gasteiger charge is 2.16. The third-order valence-electron chi connectivity index (χ3n) is 9.51. The molecule has 0 aliphatic heterocycles. The summed E-state index contributed by atoms with van der Waals surface area (Å²) in [7, 11) is 0. The summed E-state index contributed by atoms with van der Waals surface area (Å²) in [5, 5.41) is 4.45. The zero-order valence-electron chi connectivity index (χ0n) is 26.9. The molecule has 0 saturated carbocycles. The lowest BCUT2D eigenvalue weighted by atomic mass is 9.97. The van der Waals surface area contributed by atoms with E-state index in [1.165, 1.54) is 0 Å². The number of rotatable bonds is 5. The zero-order valence-corrected chi connectivity index (χ0v) is 26.9. The summed E-state index contributed by atoms with van der Waals surface area (Å²) in [6.45, 7) is 0. The highest BCUT2D eigenvalue weighted by Crippen LogP contribution is 2.39. The summed E-state index contributed by atoms with van der Waals surface area (Å²) >= 11 is 0. The number of hydrogen-bond donors (Lipinski definition) is 0. The maximum Gasteiger partial charge on any atom is 0.160 e. The van der Waals surface area contributed by atoms with Crippen LogP contribution in [0.15, 0.2) is 179 Å². The van der Waals surface area contributed by atoms with Crippen LogP contribution >= 0.6 is 0 Å². The van der Waals surface area contributed by atoms with Crippen molar-refractivity contribution in [3.63, 3.8) is 0 Å². The third-order valence-corrected chi connectivity index (χ3v) is 9.51. The fourth-order valence-corrected chi connectivity index (χ4v) is 7.10. The molecule has 3 heterocycles. The number of benzene rings is 7. The summed E-state index contributed by atoms with van der Waals surface area (Å²) in [5.41, 5.74) is 12.4. The first-order valence-corrected chi connectivity index (χ1v) is 16.7. The lowest BCUT2D eigenvalue weighted by Crippen LogP contribution is -1.96. The molecule has 0 atom stereocenters. The van der Waals surface area contributed by atoms with Crippen molar-refractivity contribution < 1.29 is 8.83 Å². The van der Waals surface area contributed by atoms with Gasteiger partial charge >= 0.3 is 0 Å². The van der Waals surface area contributed by atoms with Gasteiger partial charge in [0.05, 0.1) is 11.4 Å². The number of para-hydroxylation sites is 4. The maximum absolute atomic E-state index is 6.40. The van der Waals surface area contributed by atoms with Crippen molar-refractivity contribution in [1.82, 2.24) is 9.97 Å². The predicted octanol–water partition coefficient (Wildman–Crippen LogP) is 12.6. The summed E-state index contributed by atoms with van der Waals surface area (Å²) in [4.78, 5) is 10.3. The van der Waals surface area contributed by atoms with Gasteiger partial charge in [0.25, 0.3) is 0 Å². The molecule has 0 radical (unpaired) electrons. The van der Waals surface area contributed by atoms with Gasteiger partial charge in [0.1, 0.15) is 22.3 Å². The fraction of sp³-hybridized carbons (Fsp3) is 0. The Kier molecular flexibility index (Phi) is 6.46. The minimum absolute atomic E-state index is 0.674. The minimum Gasteiger partial charge on any atom is -0.455 e. The van der Waals surface area contributed by atoms with E-state index >= 15 is 0 Å². The van der Waals surface area contributed by atoms with Crippen LogP contribution in [0.2, 0.25) is 0 Å². The molecule has 234 valence electrons. The third kappa shape index (κ3) is 4.69. The molecular formula is C46H28N2O2. The van der Waals surface area contributed by atoms with Gasteiger partial charge in [0, 0.05) is 49.4 Å². The molecule has 0 unspecified atom stereocenters. The van der Waals surface area contributed by atoms with Gasteiger partial charge in [-0.05, 0) is 41.5 Å². The second-order valence-electron chi connectivity index (χ2n) is 12.6. The molecule has 0 bridgehead atoms. The SMILES string of the molecule is c1ccc(-c2nc(-c3cccc(-c4cccc5c4oc4ccccc45)c3)cc(-c3cccc(-c4cccc5c4oc4ccccc45)c3)n2)cc1. The first-order valence-electron chi connectivity index (χ1n) is 16.7. The standard InChI is InChI=1S/C46H28N2O2/c1-2-12-29(13-3-1)46-47-40(32-16-8-14-30(26-32)34-20-10-22-38-36-18-4-6-24-42(36)49-44(34)38)28-41(48-46)33-17-9-15-31(27-33)35-21-11-23-39-37-19-5-7-25-43(37)50-45(35)39/h1-28H. The first kappa shape index (κ1) is 28.3. The molecule has 0 aliphatic carbocycles. The minimum atomic E-state index is 0.674. The number of fused-ring (bicyclic) bond motifs is 6. The molecule has 4 nitrogen and oxygen atoms in total. The van der Waals surface area contributed by atoms with Gasteiger partial charge in [0.2, 0.25) is 0 Å². The smallest absolute Gasteiger partial charge is 0.160 e. The molecule has 0 fully saturated rings. The van der Waals surface area contributed by atoms with Crippen LogP contribution in [0.3, 0.4) is 0 Å². The van der Waals surface area contributed by atoms with E-state index in [1.54, 1.807) is 0 Å². The molecule has 0 saturated heterocycles. The van der Waals surface area contributed by atoms with Crippen LogP contribution in [0.4, 0.5) is 0 Å². The Morgan fingerprint density at radius 1 is 0.320 bits per heavy atom. The quantitative estimate of drug-likeness (QED) is 0.188. The van der Waals surface area contributed by atoms with Crippen molar-refractivity contribution in [2.24, 2.45) is 0 Å². The van der Waals surface area contributed by atoms with Crippen molar-refractivity contribution in [3.05, 3.63) is 170 Å². The molecular weight excluding hydrogens is 613 g/mol. The van der Waals surface area contributed by atoms with E-state index in [0.29, 0.717) is 5.82 Å². The van der Waals surface area contributed by atoms with Crippen molar-refractivity contribution in [2.45, 2.75) is 0 Å². The Labute approximate surface area is 287 Å². The van der Waals surface area contributed by atoms with E-state index < -0.39 is 0 Å². The number of furan rings is 2. The predicted molar refractivity (Wildman–Crippen MR) is 204 cm³/mol. The lowest BCUT2D eigenvalue weighted by Gasteiger charge is -2.12. The highest BCUT2D eigenvalue weighted by atomic mass is 16.3. The monoisotopic (exact) mass is 640 g/mol. The molecule has 0 aliphatic rings. The molecule has 7 aromatic carbocycles. The van der Waals surface area contributed by atoms with Crippen LogP contribution in [0.5, 0.6) is 0 Å². The van der Waals surface area contributed by atoms with Crippen molar-refractivity contribution >= 4 is 43.9 Å². The van der Waals surface area contributed by atoms with Crippen LogP contribution < -0.4 is 0 Å². The highest BCUT2D eigenvalue weighted by molar-refractivity contribution is 6.10. The molecule has 4 heteroatoms. The Bertz CT molecular complexity index is 2710. The second kappa shape index (κ2) is 11.4. The van der Waals surface area contributed by atoms with Gasteiger partial charge in [-0.25, -0.2) is 9.97 Å². The Balaban J connectivity index is 1.12. The van der Waals surface area contributed by atoms with E-state index in [0.717, 1.165) is 94.2 Å². The van der Waals surface area contributed by atoms with Crippen molar-refractivity contribution in [1.29, 1.82) is 0 Å². The average molecular weight is 641 g/mol. The van der Waals surface area contributed by atoms with Gasteiger partial charge in [-0.1, -0.05) is 140 Å². The normalized spacial score (nSPS) is 11.6. The number of aromatic nitrogens is 2. The van der Waals surface area contributed by atoms with E-state index in [9.17, 15) is 0 Å². The molecule has 0 spiro atoms. The molecule has 3 aromatic heterocycles. The summed E-state index contributed by atoms with van der Waals surface area (Å²) < 4.78 is 12.8. The molecule has 10 rings (SSSR count). The average Bonchev–Trinajstić information content (AvgIpc) is 3.77. The number of hydrogen-bond acceptors (Lipinski definition) is 4. The van der Waals surface area contributed by atoms with E-state index in [-0.39, 0.29) is 0 Å². The largest absolute Gasteiger partial charge is 0.455 e. The Morgan fingerprint density at radius 3 is 1.28 bits per heavy atom. The Hall–Kier alpha value is -6.78. The zero-order chi connectivity index (χ0) is 33.0. The fourth-order valence-electron chi connectivity index (χ4n) is 7.10. The van der Waals surface area contributed by atoms with Gasteiger partial charge in [0.15, 0.2) is 5.82 Å². The summed E-state index contributed by atoms with van der Waals surface area (Å²) in [6, 6.07) is 58.4. The number of nitrogens with zero attached hydrogens (tertiary/aromatic N) is 2. The summed E-state index contributed by atoms with van der Waals surface area (Å²) in [5.74, 6) is 0.674. The van der Waals surface area contributed by atoms with E-state index in [1.807, 2.05) is 42.5 Å². The summed E-state index contributed by atoms with van der Waals surface area (Å²) in [6.07, 6.45) is 0.